The summed E-state index contributed by atoms with van der Waals surface area (Å²) in [6.07, 6.45) is 4.77. The van der Waals surface area contributed by atoms with Crippen LogP contribution in [0.5, 0.6) is 0 Å². The number of aryl methyl sites for hydroxylation is 1. The Morgan fingerprint density at radius 3 is 2.07 bits per heavy atom. The van der Waals surface area contributed by atoms with E-state index >= 15 is 0 Å². The van der Waals surface area contributed by atoms with Gasteiger partial charge in [0.25, 0.3) is 10.1 Å². The number of rotatable bonds is 7. The summed E-state index contributed by atoms with van der Waals surface area (Å²) in [6, 6.07) is 9.06. The fourth-order valence-corrected chi connectivity index (χ4v) is 7.12. The van der Waals surface area contributed by atoms with E-state index < -0.39 is 57.8 Å². The van der Waals surface area contributed by atoms with Gasteiger partial charge in [-0.3, -0.25) is 4.55 Å². The zero-order valence-electron chi connectivity index (χ0n) is 24.4. The van der Waals surface area contributed by atoms with Crippen LogP contribution in [0.1, 0.15) is 44.4 Å². The van der Waals surface area contributed by atoms with Gasteiger partial charge in [0.15, 0.2) is 21.7 Å². The molecule has 2 aliphatic heterocycles. The van der Waals surface area contributed by atoms with Gasteiger partial charge in [-0.05, 0) is 50.6 Å². The quantitative estimate of drug-likeness (QED) is 0.178. The minimum Gasteiger partial charge on any atom is -0.744 e. The van der Waals surface area contributed by atoms with Crippen LogP contribution in [-0.4, -0.2) is 61.0 Å². The molecule has 0 atom stereocenters. The molecule has 2 heterocycles. The molecule has 11 nitrogen and oxygen atoms in total. The van der Waals surface area contributed by atoms with Crippen molar-refractivity contribution in [2.45, 2.75) is 50.3 Å². The molecule has 0 fully saturated rings. The van der Waals surface area contributed by atoms with Crippen LogP contribution in [-0.2, 0) is 41.2 Å². The van der Waals surface area contributed by atoms with Gasteiger partial charge in [0.2, 0.25) is 11.6 Å². The van der Waals surface area contributed by atoms with Crippen molar-refractivity contribution >= 4 is 47.4 Å². The minimum atomic E-state index is -4.80. The van der Waals surface area contributed by atoms with Crippen LogP contribution < -0.4 is 108 Å². The van der Waals surface area contributed by atoms with Crippen LogP contribution in [0.25, 0.3) is 0 Å². The van der Waals surface area contributed by atoms with E-state index in [0.29, 0.717) is 22.7 Å². The standard InChI is InChI=1S/C26H30N2O9S3.2K/c1-17-9-11-21-19(13-17)25(2,3)23(27(21)15-38(29,30)31)7-6-8-24-26(4,5)20-14-18(40(35,36)37)10-12-22(20)28(24)16-39(32,33)34;;/h6-14H,15-16H2,1-5H3,(H2-,29,30,31,32,33,34,35,36,37);;/q;2*+1/p-1. The molecule has 4 rings (SSSR count). The maximum atomic E-state index is 11.9. The molecule has 0 spiro atoms. The first kappa shape index (κ1) is 38.6. The van der Waals surface area contributed by atoms with E-state index in [1.54, 1.807) is 38.1 Å². The second kappa shape index (κ2) is 13.3. The Bertz CT molecular complexity index is 1850. The Kier molecular flexibility index (Phi) is 12.2. The van der Waals surface area contributed by atoms with E-state index in [-0.39, 0.29) is 108 Å². The second-order valence-electron chi connectivity index (χ2n) is 11.0. The number of nitrogens with zero attached hydrogens (tertiary/aromatic N) is 2. The first-order chi connectivity index (χ1) is 18.1. The fourth-order valence-electron chi connectivity index (χ4n) is 5.43. The molecule has 2 aliphatic rings. The molecule has 216 valence electrons. The maximum Gasteiger partial charge on any atom is 1.00 e. The average Bonchev–Trinajstić information content (AvgIpc) is 3.10. The van der Waals surface area contributed by atoms with Crippen LogP contribution in [0.4, 0.5) is 11.4 Å². The van der Waals surface area contributed by atoms with Crippen molar-refractivity contribution in [2.24, 2.45) is 0 Å². The first-order valence-electron chi connectivity index (χ1n) is 12.0. The molecule has 16 heteroatoms. The molecule has 0 saturated carbocycles. The summed E-state index contributed by atoms with van der Waals surface area (Å²) in [5.74, 6) is -1.62. The summed E-state index contributed by atoms with van der Waals surface area (Å²) < 4.78 is 105. The van der Waals surface area contributed by atoms with Crippen LogP contribution >= 0.6 is 0 Å². The molecule has 2 aromatic rings. The summed E-state index contributed by atoms with van der Waals surface area (Å²) in [5, 5.41) is 0. The Hall–Kier alpha value is 0.393. The van der Waals surface area contributed by atoms with Gasteiger partial charge in [-0.1, -0.05) is 37.6 Å². The number of anilines is 1. The van der Waals surface area contributed by atoms with E-state index in [4.69, 9.17) is 0 Å². The molecule has 0 saturated heterocycles. The summed E-state index contributed by atoms with van der Waals surface area (Å²) in [6.45, 7) is 9.10. The summed E-state index contributed by atoms with van der Waals surface area (Å²) in [4.78, 5) is 0.997. The molecule has 0 unspecified atom stereocenters. The van der Waals surface area contributed by atoms with Crippen molar-refractivity contribution < 1.29 is 146 Å². The topological polar surface area (TPSA) is 175 Å². The van der Waals surface area contributed by atoms with Crippen molar-refractivity contribution in [1.29, 1.82) is 0 Å². The molecule has 0 aromatic heterocycles. The monoisotopic (exact) mass is 687 g/mol. The van der Waals surface area contributed by atoms with E-state index in [1.807, 2.05) is 32.9 Å². The van der Waals surface area contributed by atoms with Crippen LogP contribution in [0.3, 0.4) is 0 Å². The third-order valence-corrected chi connectivity index (χ3v) is 9.28. The van der Waals surface area contributed by atoms with Crippen LogP contribution in [0, 0.1) is 6.92 Å². The summed E-state index contributed by atoms with van der Waals surface area (Å²) in [5.41, 5.74) is 2.22. The predicted molar refractivity (Wildman–Crippen MR) is 147 cm³/mol. The number of benzene rings is 2. The van der Waals surface area contributed by atoms with Gasteiger partial charge in [0.05, 0.1) is 10.3 Å². The maximum absolute atomic E-state index is 11.9. The summed E-state index contributed by atoms with van der Waals surface area (Å²) >= 11 is 0. The van der Waals surface area contributed by atoms with Crippen molar-refractivity contribution in [3.05, 3.63) is 77.0 Å². The zero-order valence-corrected chi connectivity index (χ0v) is 33.1. The zero-order chi connectivity index (χ0) is 30.1. The van der Waals surface area contributed by atoms with E-state index in [9.17, 15) is 38.9 Å². The fraction of sp³-hybridized carbons (Fsp3) is 0.346. The molecule has 0 aliphatic carbocycles. The van der Waals surface area contributed by atoms with E-state index in [1.165, 1.54) is 21.6 Å². The molecular weight excluding hydrogens is 659 g/mol. The third-order valence-electron chi connectivity index (χ3n) is 7.29. The molecule has 0 radical (unpaired) electrons. The Morgan fingerprint density at radius 1 is 0.905 bits per heavy atom. The van der Waals surface area contributed by atoms with Gasteiger partial charge in [-0.15, -0.1) is 0 Å². The van der Waals surface area contributed by atoms with Crippen LogP contribution in [0.2, 0.25) is 0 Å². The normalized spacial score (nSPS) is 18.6. The smallest absolute Gasteiger partial charge is 0.744 e. The summed E-state index contributed by atoms with van der Waals surface area (Å²) in [7, 11) is -14.0. The molecule has 2 aromatic carbocycles. The molecular formula is C26H29K2N2O9S3+. The van der Waals surface area contributed by atoms with Crippen LogP contribution in [0.15, 0.2) is 65.2 Å². The van der Waals surface area contributed by atoms with Crippen molar-refractivity contribution in [2.75, 3.05) is 16.7 Å². The van der Waals surface area contributed by atoms with Gasteiger partial charge in [0, 0.05) is 34.5 Å². The molecule has 0 bridgehead atoms. The minimum absolute atomic E-state index is 0. The van der Waals surface area contributed by atoms with Gasteiger partial charge in [-0.2, -0.15) is 13.0 Å². The number of allylic oxidation sites excluding steroid dienone is 4. The molecule has 42 heavy (non-hydrogen) atoms. The predicted octanol–water partition coefficient (Wildman–Crippen LogP) is -3.13. The Morgan fingerprint density at radius 2 is 1.52 bits per heavy atom. The van der Waals surface area contributed by atoms with Crippen molar-refractivity contribution in [3.8, 4) is 0 Å². The van der Waals surface area contributed by atoms with Crippen molar-refractivity contribution in [1.82, 2.24) is 0 Å². The number of fused-ring (bicyclic) bond motifs is 2. The number of hydrogen-bond donors (Lipinski definition) is 1. The Labute approximate surface area is 332 Å². The molecule has 1 N–H and O–H groups in total. The Balaban J connectivity index is 0.00000308. The van der Waals surface area contributed by atoms with E-state index in [2.05, 4.69) is 0 Å². The van der Waals surface area contributed by atoms with Gasteiger partial charge >= 0.3 is 103 Å². The van der Waals surface area contributed by atoms with E-state index in [0.717, 1.165) is 17.2 Å². The third kappa shape index (κ3) is 8.02. The van der Waals surface area contributed by atoms with Gasteiger partial charge in [0.1, 0.15) is 10.1 Å². The largest absolute Gasteiger partial charge is 1.00 e. The van der Waals surface area contributed by atoms with Gasteiger partial charge < -0.3 is 14.0 Å². The first-order valence-corrected chi connectivity index (χ1v) is 16.6. The second-order valence-corrected chi connectivity index (χ2v) is 15.1. The SMILES string of the molecule is Cc1ccc2c(c1)C(C)(C)/C(=C\C=C\C1=[N+](CS(=O)(=O)[O-])c3ccc(S(=O)(=O)[O-])cc3C1(C)C)N2CS(=O)(=O)O.[K+].[K+]. The van der Waals surface area contributed by atoms with Crippen molar-refractivity contribution in [3.63, 3.8) is 0 Å². The number of hydrogen-bond acceptors (Lipinski definition) is 9. The average molecular weight is 688 g/mol. The van der Waals surface area contributed by atoms with Gasteiger partial charge in [-0.25, -0.2) is 16.8 Å². The molecule has 0 amide bonds.